The first-order valence-electron chi connectivity index (χ1n) is 6.24. The fourth-order valence-electron chi connectivity index (χ4n) is 2.52. The van der Waals surface area contributed by atoms with E-state index >= 15 is 0 Å². The van der Waals surface area contributed by atoms with Gasteiger partial charge in [0.05, 0.1) is 11.0 Å². The molecular weight excluding hydrogens is 236 g/mol. The molecule has 0 spiro atoms. The van der Waals surface area contributed by atoms with Crippen LogP contribution in [-0.2, 0) is 0 Å². The fraction of sp³-hybridized carbons (Fsp3) is 0.133. The second-order valence-corrected chi connectivity index (χ2v) is 4.87. The van der Waals surface area contributed by atoms with Crippen molar-refractivity contribution in [2.45, 2.75) is 13.8 Å². The number of hydrogen-bond acceptors (Lipinski definition) is 3. The van der Waals surface area contributed by atoms with Gasteiger partial charge in [-0.05, 0) is 37.1 Å². The molecule has 0 saturated heterocycles. The Morgan fingerprint density at radius 2 is 1.63 bits per heavy atom. The maximum Gasteiger partial charge on any atom is 0.198 e. The van der Waals surface area contributed by atoms with Crippen LogP contribution in [0.15, 0.2) is 36.5 Å². The molecule has 0 unspecified atom stereocenters. The lowest BCUT2D eigenvalue weighted by Gasteiger charge is -2.01. The second kappa shape index (κ2) is 3.51. The van der Waals surface area contributed by atoms with Crippen LogP contribution in [0.25, 0.3) is 28.0 Å². The fourth-order valence-corrected chi connectivity index (χ4v) is 2.52. The molecule has 4 aromatic rings. The first kappa shape index (κ1) is 10.4. The number of pyridine rings is 1. The molecule has 0 aliphatic rings. The summed E-state index contributed by atoms with van der Waals surface area (Å²) in [7, 11) is 0. The van der Waals surface area contributed by atoms with E-state index in [-0.39, 0.29) is 0 Å². The van der Waals surface area contributed by atoms with Crippen molar-refractivity contribution in [1.29, 1.82) is 0 Å². The predicted molar refractivity (Wildman–Crippen MR) is 75.3 cm³/mol. The van der Waals surface area contributed by atoms with Crippen LogP contribution in [0.4, 0.5) is 0 Å². The molecule has 0 fully saturated rings. The molecule has 0 saturated carbocycles. The summed E-state index contributed by atoms with van der Waals surface area (Å²) in [6, 6.07) is 10.0. The molecule has 1 aromatic carbocycles. The summed E-state index contributed by atoms with van der Waals surface area (Å²) >= 11 is 0. The van der Waals surface area contributed by atoms with Gasteiger partial charge < -0.3 is 0 Å². The Morgan fingerprint density at radius 3 is 2.42 bits per heavy atom. The Bertz CT molecular complexity index is 937. The number of benzene rings is 1. The number of para-hydroxylation sites is 2. The van der Waals surface area contributed by atoms with Crippen molar-refractivity contribution in [2.24, 2.45) is 0 Å². The minimum Gasteiger partial charge on any atom is -0.282 e. The molecule has 19 heavy (non-hydrogen) atoms. The summed E-state index contributed by atoms with van der Waals surface area (Å²) in [5, 5.41) is 0. The van der Waals surface area contributed by atoms with E-state index in [0.29, 0.717) is 5.65 Å². The lowest BCUT2D eigenvalue weighted by molar-refractivity contribution is 1.14. The van der Waals surface area contributed by atoms with Crippen molar-refractivity contribution >= 4 is 28.0 Å². The van der Waals surface area contributed by atoms with Gasteiger partial charge in [0.15, 0.2) is 11.3 Å². The third kappa shape index (κ3) is 1.43. The summed E-state index contributed by atoms with van der Waals surface area (Å²) in [4.78, 5) is 13.9. The standard InChI is InChI=1S/C15H12N4/c1-9-7-10(2)14-18-13-15(19(14)8-9)17-12-6-4-3-5-11(12)16-13/h3-8H,1-2H3. The summed E-state index contributed by atoms with van der Waals surface area (Å²) in [6.45, 7) is 4.14. The number of rotatable bonds is 0. The zero-order chi connectivity index (χ0) is 13.0. The van der Waals surface area contributed by atoms with E-state index in [4.69, 9.17) is 0 Å². The van der Waals surface area contributed by atoms with E-state index in [9.17, 15) is 0 Å². The first-order valence-corrected chi connectivity index (χ1v) is 6.24. The number of fused-ring (bicyclic) bond motifs is 4. The largest absolute Gasteiger partial charge is 0.282 e. The number of imidazole rings is 1. The zero-order valence-electron chi connectivity index (χ0n) is 10.8. The number of hydrogen-bond donors (Lipinski definition) is 0. The van der Waals surface area contributed by atoms with E-state index in [1.54, 1.807) is 0 Å². The highest BCUT2D eigenvalue weighted by atomic mass is 15.1. The van der Waals surface area contributed by atoms with Crippen molar-refractivity contribution in [2.75, 3.05) is 0 Å². The lowest BCUT2D eigenvalue weighted by atomic mass is 10.2. The smallest absolute Gasteiger partial charge is 0.198 e. The molecule has 92 valence electrons. The van der Waals surface area contributed by atoms with Crippen LogP contribution in [-0.4, -0.2) is 19.4 Å². The second-order valence-electron chi connectivity index (χ2n) is 4.87. The molecule has 0 aliphatic heterocycles. The lowest BCUT2D eigenvalue weighted by Crippen LogP contribution is -1.92. The van der Waals surface area contributed by atoms with Crippen LogP contribution in [0, 0.1) is 13.8 Å². The quantitative estimate of drug-likeness (QED) is 0.480. The number of nitrogens with zero attached hydrogens (tertiary/aromatic N) is 4. The average molecular weight is 248 g/mol. The summed E-state index contributed by atoms with van der Waals surface area (Å²) in [6.07, 6.45) is 2.06. The highest BCUT2D eigenvalue weighted by Gasteiger charge is 2.10. The predicted octanol–water partition coefficient (Wildman–Crippen LogP) is 3.05. The van der Waals surface area contributed by atoms with Crippen molar-refractivity contribution < 1.29 is 0 Å². The van der Waals surface area contributed by atoms with Gasteiger partial charge in [-0.3, -0.25) is 4.40 Å². The van der Waals surface area contributed by atoms with E-state index in [2.05, 4.69) is 41.1 Å². The van der Waals surface area contributed by atoms with Gasteiger partial charge in [0.1, 0.15) is 5.65 Å². The van der Waals surface area contributed by atoms with Crippen molar-refractivity contribution in [3.63, 3.8) is 0 Å². The molecule has 3 heterocycles. The Morgan fingerprint density at radius 1 is 0.895 bits per heavy atom. The minimum atomic E-state index is 0.701. The van der Waals surface area contributed by atoms with Gasteiger partial charge in [0.2, 0.25) is 0 Å². The molecule has 0 atom stereocenters. The monoisotopic (exact) mass is 248 g/mol. The van der Waals surface area contributed by atoms with Gasteiger partial charge in [0, 0.05) is 6.20 Å². The van der Waals surface area contributed by atoms with Crippen LogP contribution in [0.5, 0.6) is 0 Å². The molecule has 4 heteroatoms. The van der Waals surface area contributed by atoms with Gasteiger partial charge in [-0.1, -0.05) is 18.2 Å². The van der Waals surface area contributed by atoms with E-state index in [1.165, 1.54) is 5.56 Å². The summed E-state index contributed by atoms with van der Waals surface area (Å²) in [5.74, 6) is 0. The third-order valence-electron chi connectivity index (χ3n) is 3.33. The van der Waals surface area contributed by atoms with E-state index < -0.39 is 0 Å². The Balaban J connectivity index is 2.26. The van der Waals surface area contributed by atoms with Crippen LogP contribution < -0.4 is 0 Å². The molecule has 4 rings (SSSR count). The molecule has 0 bridgehead atoms. The molecule has 0 radical (unpaired) electrons. The number of aromatic nitrogens is 4. The molecule has 4 nitrogen and oxygen atoms in total. The first-order chi connectivity index (χ1) is 9.22. The van der Waals surface area contributed by atoms with Gasteiger partial charge in [-0.25, -0.2) is 15.0 Å². The van der Waals surface area contributed by atoms with Gasteiger partial charge in [0.25, 0.3) is 0 Å². The van der Waals surface area contributed by atoms with Crippen LogP contribution in [0.3, 0.4) is 0 Å². The Hall–Kier alpha value is -2.49. The van der Waals surface area contributed by atoms with E-state index in [0.717, 1.165) is 27.9 Å². The molecule has 0 aliphatic carbocycles. The zero-order valence-corrected chi connectivity index (χ0v) is 10.8. The minimum absolute atomic E-state index is 0.701. The summed E-state index contributed by atoms with van der Waals surface area (Å²) < 4.78 is 2.03. The molecular formula is C15H12N4. The molecule has 0 amide bonds. The van der Waals surface area contributed by atoms with Gasteiger partial charge >= 0.3 is 0 Å². The highest BCUT2D eigenvalue weighted by molar-refractivity contribution is 5.85. The maximum absolute atomic E-state index is 4.69. The average Bonchev–Trinajstić information content (AvgIpc) is 2.74. The topological polar surface area (TPSA) is 43.1 Å². The van der Waals surface area contributed by atoms with Gasteiger partial charge in [-0.2, -0.15) is 0 Å². The highest BCUT2D eigenvalue weighted by Crippen LogP contribution is 2.20. The Labute approximate surface area is 109 Å². The third-order valence-corrected chi connectivity index (χ3v) is 3.33. The normalized spacial score (nSPS) is 11.7. The van der Waals surface area contributed by atoms with Crippen LogP contribution in [0.1, 0.15) is 11.1 Å². The molecule has 3 aromatic heterocycles. The molecule has 0 N–H and O–H groups in total. The van der Waals surface area contributed by atoms with Crippen molar-refractivity contribution in [1.82, 2.24) is 19.4 Å². The van der Waals surface area contributed by atoms with Gasteiger partial charge in [-0.15, -0.1) is 0 Å². The van der Waals surface area contributed by atoms with Crippen molar-refractivity contribution in [3.05, 3.63) is 47.7 Å². The SMILES string of the molecule is Cc1cc(C)c2nc3nc4ccccc4nc3n2c1. The summed E-state index contributed by atoms with van der Waals surface area (Å²) in [5.41, 5.74) is 6.57. The number of aryl methyl sites for hydroxylation is 2. The van der Waals surface area contributed by atoms with E-state index in [1.807, 2.05) is 28.7 Å². The van der Waals surface area contributed by atoms with Crippen LogP contribution in [0.2, 0.25) is 0 Å². The van der Waals surface area contributed by atoms with Crippen LogP contribution >= 0.6 is 0 Å². The Kier molecular flexibility index (Phi) is 1.93. The maximum atomic E-state index is 4.69. The van der Waals surface area contributed by atoms with Crippen molar-refractivity contribution in [3.8, 4) is 0 Å².